The lowest BCUT2D eigenvalue weighted by molar-refractivity contribution is 0.226. The van der Waals surface area contributed by atoms with Gasteiger partial charge in [-0.1, -0.05) is 13.0 Å². The monoisotopic (exact) mass is 278 g/mol. The van der Waals surface area contributed by atoms with Crippen molar-refractivity contribution in [3.63, 3.8) is 0 Å². The number of hydrogen-bond acceptors (Lipinski definition) is 3. The van der Waals surface area contributed by atoms with Crippen LogP contribution in [0.3, 0.4) is 0 Å². The van der Waals surface area contributed by atoms with E-state index in [1.165, 1.54) is 18.2 Å². The Balaban J connectivity index is 1.88. The molecular weight excluding hydrogens is 262 g/mol. The van der Waals surface area contributed by atoms with Crippen LogP contribution in [0.25, 0.3) is 0 Å². The van der Waals surface area contributed by atoms with E-state index in [9.17, 15) is 8.78 Å². The molecule has 1 aromatic heterocycles. The molecule has 0 saturated carbocycles. The summed E-state index contributed by atoms with van der Waals surface area (Å²) in [7, 11) is 0. The van der Waals surface area contributed by atoms with Crippen LogP contribution in [-0.4, -0.2) is 32.8 Å². The van der Waals surface area contributed by atoms with E-state index in [2.05, 4.69) is 22.0 Å². The van der Waals surface area contributed by atoms with Crippen LogP contribution < -0.4 is 0 Å². The van der Waals surface area contributed by atoms with Crippen molar-refractivity contribution < 1.29 is 8.78 Å². The zero-order chi connectivity index (χ0) is 14.1. The molecule has 20 heavy (non-hydrogen) atoms. The van der Waals surface area contributed by atoms with E-state index in [0.29, 0.717) is 5.82 Å². The molecular formula is C14H16F2N4. The Morgan fingerprint density at radius 3 is 2.60 bits per heavy atom. The first kappa shape index (κ1) is 13.2. The first-order chi connectivity index (χ1) is 9.69. The molecule has 106 valence electrons. The highest BCUT2D eigenvalue weighted by Crippen LogP contribution is 2.18. The van der Waals surface area contributed by atoms with Gasteiger partial charge in [0.1, 0.15) is 23.3 Å². The van der Waals surface area contributed by atoms with E-state index in [-0.39, 0.29) is 12.0 Å². The number of fused-ring (bicyclic) bond motifs is 1. The minimum absolute atomic E-state index is 0.0561. The minimum atomic E-state index is -0.534. The van der Waals surface area contributed by atoms with Crippen LogP contribution in [0.1, 0.15) is 24.1 Å². The largest absolute Gasteiger partial charge is 0.312 e. The third kappa shape index (κ3) is 2.31. The fraction of sp³-hybridized carbons (Fsp3) is 0.429. The molecule has 0 aliphatic carbocycles. The number of benzene rings is 1. The molecule has 2 aromatic rings. The molecule has 6 heteroatoms. The van der Waals surface area contributed by atoms with Gasteiger partial charge in [0.2, 0.25) is 0 Å². The lowest BCUT2D eigenvalue weighted by Gasteiger charge is -2.26. The number of nitrogens with zero attached hydrogens (tertiary/aromatic N) is 4. The molecule has 0 N–H and O–H groups in total. The van der Waals surface area contributed by atoms with E-state index in [4.69, 9.17) is 0 Å². The van der Waals surface area contributed by atoms with Gasteiger partial charge in [0.15, 0.2) is 0 Å². The second kappa shape index (κ2) is 5.28. The highest BCUT2D eigenvalue weighted by molar-refractivity contribution is 5.23. The number of likely N-dealkylation sites (N-methyl/N-ethyl adjacent to an activating group) is 1. The Morgan fingerprint density at radius 1 is 1.15 bits per heavy atom. The van der Waals surface area contributed by atoms with Crippen molar-refractivity contribution in [1.29, 1.82) is 0 Å². The van der Waals surface area contributed by atoms with Crippen molar-refractivity contribution in [1.82, 2.24) is 19.7 Å². The van der Waals surface area contributed by atoms with Gasteiger partial charge in [0.05, 0.1) is 6.54 Å². The topological polar surface area (TPSA) is 34.0 Å². The van der Waals surface area contributed by atoms with Crippen molar-refractivity contribution in [2.75, 3.05) is 13.1 Å². The fourth-order valence-electron chi connectivity index (χ4n) is 2.53. The molecule has 2 heterocycles. The summed E-state index contributed by atoms with van der Waals surface area (Å²) in [5.41, 5.74) is 0.0561. The van der Waals surface area contributed by atoms with Crippen LogP contribution >= 0.6 is 0 Å². The average Bonchev–Trinajstić information content (AvgIpc) is 2.85. The van der Waals surface area contributed by atoms with Gasteiger partial charge in [-0.2, -0.15) is 0 Å². The van der Waals surface area contributed by atoms with Gasteiger partial charge in [-0.3, -0.25) is 4.90 Å². The van der Waals surface area contributed by atoms with Crippen LogP contribution in [0.2, 0.25) is 0 Å². The van der Waals surface area contributed by atoms with Crippen molar-refractivity contribution in [2.45, 2.75) is 26.4 Å². The van der Waals surface area contributed by atoms with Crippen LogP contribution in [0.15, 0.2) is 18.2 Å². The van der Waals surface area contributed by atoms with Gasteiger partial charge in [-0.25, -0.2) is 8.78 Å². The maximum Gasteiger partial charge on any atom is 0.147 e. The molecule has 1 aliphatic rings. The molecule has 0 atom stereocenters. The van der Waals surface area contributed by atoms with E-state index in [0.717, 1.165) is 32.0 Å². The number of hydrogen-bond donors (Lipinski definition) is 0. The summed E-state index contributed by atoms with van der Waals surface area (Å²) in [6.07, 6.45) is 0.137. The van der Waals surface area contributed by atoms with Gasteiger partial charge >= 0.3 is 0 Å². The molecule has 0 spiro atoms. The van der Waals surface area contributed by atoms with Gasteiger partial charge in [-0.05, 0) is 18.7 Å². The average molecular weight is 278 g/mol. The Bertz CT molecular complexity index is 603. The smallest absolute Gasteiger partial charge is 0.147 e. The SMILES string of the molecule is CCN1CCn2c(Cc3c(F)cccc3F)nnc2C1. The molecule has 3 rings (SSSR count). The van der Waals surface area contributed by atoms with Crippen LogP contribution in [-0.2, 0) is 19.5 Å². The third-order valence-corrected chi connectivity index (χ3v) is 3.75. The van der Waals surface area contributed by atoms with Crippen LogP contribution in [0, 0.1) is 11.6 Å². The predicted molar refractivity (Wildman–Crippen MR) is 70.1 cm³/mol. The first-order valence-electron chi connectivity index (χ1n) is 6.75. The van der Waals surface area contributed by atoms with Gasteiger partial charge in [0.25, 0.3) is 0 Å². The molecule has 0 radical (unpaired) electrons. The Labute approximate surface area is 116 Å². The van der Waals surface area contributed by atoms with Crippen LogP contribution in [0.5, 0.6) is 0 Å². The molecule has 4 nitrogen and oxygen atoms in total. The number of rotatable bonds is 3. The highest BCUT2D eigenvalue weighted by Gasteiger charge is 2.21. The Kier molecular flexibility index (Phi) is 3.48. The normalized spacial score (nSPS) is 15.3. The molecule has 0 unspecified atom stereocenters. The Morgan fingerprint density at radius 2 is 1.90 bits per heavy atom. The molecule has 0 amide bonds. The second-order valence-electron chi connectivity index (χ2n) is 4.93. The van der Waals surface area contributed by atoms with E-state index < -0.39 is 11.6 Å². The summed E-state index contributed by atoms with van der Waals surface area (Å²) in [6, 6.07) is 3.90. The quantitative estimate of drug-likeness (QED) is 0.861. The van der Waals surface area contributed by atoms with Crippen molar-refractivity contribution >= 4 is 0 Å². The lowest BCUT2D eigenvalue weighted by atomic mass is 10.1. The third-order valence-electron chi connectivity index (χ3n) is 3.75. The molecule has 1 aliphatic heterocycles. The lowest BCUT2D eigenvalue weighted by Crippen LogP contribution is -2.34. The molecule has 0 saturated heterocycles. The second-order valence-corrected chi connectivity index (χ2v) is 4.93. The summed E-state index contributed by atoms with van der Waals surface area (Å²) in [4.78, 5) is 2.26. The molecule has 0 bridgehead atoms. The number of aromatic nitrogens is 3. The number of halogens is 2. The standard InChI is InChI=1S/C14H16F2N4/c1-2-19-6-7-20-13(17-18-14(20)9-19)8-10-11(15)4-3-5-12(10)16/h3-5H,2,6-9H2,1H3. The summed E-state index contributed by atoms with van der Waals surface area (Å²) in [6.45, 7) is 5.48. The van der Waals surface area contributed by atoms with Crippen LogP contribution in [0.4, 0.5) is 8.78 Å². The predicted octanol–water partition coefficient (Wildman–Crippen LogP) is 1.98. The van der Waals surface area contributed by atoms with Gasteiger partial charge in [0, 0.05) is 25.1 Å². The first-order valence-corrected chi connectivity index (χ1v) is 6.75. The molecule has 1 aromatic carbocycles. The van der Waals surface area contributed by atoms with E-state index >= 15 is 0 Å². The van der Waals surface area contributed by atoms with Crippen molar-refractivity contribution in [3.05, 3.63) is 47.0 Å². The maximum absolute atomic E-state index is 13.7. The van der Waals surface area contributed by atoms with E-state index in [1.807, 2.05) is 4.57 Å². The molecule has 0 fully saturated rings. The summed E-state index contributed by atoms with van der Waals surface area (Å²) >= 11 is 0. The summed E-state index contributed by atoms with van der Waals surface area (Å²) in [5.74, 6) is 0.422. The maximum atomic E-state index is 13.7. The zero-order valence-electron chi connectivity index (χ0n) is 11.3. The van der Waals surface area contributed by atoms with Crippen molar-refractivity contribution in [3.8, 4) is 0 Å². The summed E-state index contributed by atoms with van der Waals surface area (Å²) < 4.78 is 29.3. The Hall–Kier alpha value is -1.82. The minimum Gasteiger partial charge on any atom is -0.312 e. The van der Waals surface area contributed by atoms with Gasteiger partial charge < -0.3 is 4.57 Å². The highest BCUT2D eigenvalue weighted by atomic mass is 19.1. The van der Waals surface area contributed by atoms with Crippen molar-refractivity contribution in [2.24, 2.45) is 0 Å². The van der Waals surface area contributed by atoms with E-state index in [1.54, 1.807) is 0 Å². The zero-order valence-corrected chi connectivity index (χ0v) is 11.3. The van der Waals surface area contributed by atoms with Gasteiger partial charge in [-0.15, -0.1) is 10.2 Å². The fourth-order valence-corrected chi connectivity index (χ4v) is 2.53. The summed E-state index contributed by atoms with van der Waals surface area (Å²) in [5, 5.41) is 8.23.